The molecule has 1 fully saturated rings. The Bertz CT molecular complexity index is 1120. The van der Waals surface area contributed by atoms with E-state index in [1.54, 1.807) is 7.11 Å². The van der Waals surface area contributed by atoms with Crippen molar-refractivity contribution < 1.29 is 9.53 Å². The van der Waals surface area contributed by atoms with Gasteiger partial charge in [-0.2, -0.15) is 5.10 Å². The van der Waals surface area contributed by atoms with E-state index in [-0.39, 0.29) is 11.8 Å². The Kier molecular flexibility index (Phi) is 6.62. The molecule has 4 rings (SSSR count). The molecule has 1 aliphatic heterocycles. The second kappa shape index (κ2) is 9.60. The van der Waals surface area contributed by atoms with Gasteiger partial charge >= 0.3 is 0 Å². The highest BCUT2D eigenvalue weighted by molar-refractivity contribution is 5.92. The van der Waals surface area contributed by atoms with Crippen molar-refractivity contribution in [1.29, 1.82) is 0 Å². The third-order valence-corrected chi connectivity index (χ3v) is 6.12. The first-order valence-electron chi connectivity index (χ1n) is 11.4. The van der Waals surface area contributed by atoms with Gasteiger partial charge in [0.25, 0.3) is 5.91 Å². The maximum atomic E-state index is 13.2. The van der Waals surface area contributed by atoms with Crippen molar-refractivity contribution in [2.24, 2.45) is 0 Å². The summed E-state index contributed by atoms with van der Waals surface area (Å²) in [6, 6.07) is 9.81. The van der Waals surface area contributed by atoms with E-state index in [0.717, 1.165) is 47.7 Å². The second-order valence-corrected chi connectivity index (χ2v) is 9.05. The van der Waals surface area contributed by atoms with Crippen LogP contribution in [0, 0.1) is 0 Å². The third-order valence-electron chi connectivity index (χ3n) is 6.12. The Balaban J connectivity index is 1.66. The van der Waals surface area contributed by atoms with Gasteiger partial charge in [-0.15, -0.1) is 0 Å². The summed E-state index contributed by atoms with van der Waals surface area (Å²) in [5.74, 6) is 1.81. The maximum Gasteiger partial charge on any atom is 0.274 e. The second-order valence-electron chi connectivity index (χ2n) is 9.05. The third kappa shape index (κ3) is 4.84. The molecular weight excluding hydrogens is 416 g/mol. The first-order chi connectivity index (χ1) is 15.9. The molecule has 0 saturated carbocycles. The van der Waals surface area contributed by atoms with Crippen LogP contribution in [0.3, 0.4) is 0 Å². The van der Waals surface area contributed by atoms with Gasteiger partial charge in [-0.3, -0.25) is 9.89 Å². The number of piperidine rings is 1. The number of amides is 1. The number of benzene rings is 1. The summed E-state index contributed by atoms with van der Waals surface area (Å²) in [5.41, 5.74) is 4.39. The van der Waals surface area contributed by atoms with Crippen molar-refractivity contribution in [1.82, 2.24) is 25.1 Å². The number of carbonyl (C=O) groups excluding carboxylic acids is 1. The molecule has 3 aromatic rings. The number of H-pyrrole nitrogens is 1. The monoisotopic (exact) mass is 448 g/mol. The van der Waals surface area contributed by atoms with Crippen LogP contribution in [0.4, 0.5) is 5.95 Å². The van der Waals surface area contributed by atoms with Crippen molar-refractivity contribution >= 4 is 11.9 Å². The van der Waals surface area contributed by atoms with Crippen molar-refractivity contribution in [3.05, 3.63) is 53.6 Å². The van der Waals surface area contributed by atoms with Crippen molar-refractivity contribution in [3.63, 3.8) is 0 Å². The molecule has 1 N–H and O–H groups in total. The minimum absolute atomic E-state index is 0.0346. The molecule has 174 valence electrons. The van der Waals surface area contributed by atoms with Gasteiger partial charge in [0.15, 0.2) is 0 Å². The molecule has 1 amide bonds. The Morgan fingerprint density at radius 2 is 2.09 bits per heavy atom. The van der Waals surface area contributed by atoms with E-state index in [4.69, 9.17) is 9.72 Å². The lowest BCUT2D eigenvalue weighted by Gasteiger charge is -2.33. The fourth-order valence-corrected chi connectivity index (χ4v) is 4.21. The zero-order valence-electron chi connectivity index (χ0n) is 20.0. The molecule has 3 heterocycles. The molecule has 0 spiro atoms. The van der Waals surface area contributed by atoms with E-state index in [1.807, 2.05) is 60.4 Å². The smallest absolute Gasteiger partial charge is 0.274 e. The minimum Gasteiger partial charge on any atom is -0.497 e. The lowest BCUT2D eigenvalue weighted by atomic mass is 9.89. The van der Waals surface area contributed by atoms with Gasteiger partial charge in [-0.25, -0.2) is 9.97 Å². The summed E-state index contributed by atoms with van der Waals surface area (Å²) >= 11 is 0. The number of carbonyl (C=O) groups is 1. The van der Waals surface area contributed by atoms with Gasteiger partial charge < -0.3 is 14.5 Å². The maximum absolute atomic E-state index is 13.2. The molecule has 8 nitrogen and oxygen atoms in total. The van der Waals surface area contributed by atoms with Gasteiger partial charge in [0, 0.05) is 50.6 Å². The van der Waals surface area contributed by atoms with Gasteiger partial charge in [-0.05, 0) is 42.5 Å². The summed E-state index contributed by atoms with van der Waals surface area (Å²) in [4.78, 5) is 26.5. The molecule has 2 aromatic heterocycles. The Morgan fingerprint density at radius 1 is 1.27 bits per heavy atom. The summed E-state index contributed by atoms with van der Waals surface area (Å²) in [6.07, 6.45) is 3.76. The molecule has 0 unspecified atom stereocenters. The first kappa shape index (κ1) is 22.8. The van der Waals surface area contributed by atoms with Gasteiger partial charge in [0.05, 0.1) is 12.8 Å². The van der Waals surface area contributed by atoms with Crippen LogP contribution in [0.2, 0.25) is 0 Å². The number of nitrogens with zero attached hydrogens (tertiary/aromatic N) is 5. The first-order valence-corrected chi connectivity index (χ1v) is 11.4. The van der Waals surface area contributed by atoms with E-state index in [2.05, 4.69) is 29.0 Å². The quantitative estimate of drug-likeness (QED) is 0.611. The number of nitrogens with one attached hydrogen (secondary N) is 1. The Hall–Kier alpha value is -3.42. The van der Waals surface area contributed by atoms with Crippen LogP contribution < -0.4 is 9.64 Å². The van der Waals surface area contributed by atoms with E-state index in [9.17, 15) is 4.79 Å². The van der Waals surface area contributed by atoms with Crippen LogP contribution in [0.5, 0.6) is 5.75 Å². The molecule has 0 radical (unpaired) electrons. The van der Waals surface area contributed by atoms with Crippen molar-refractivity contribution in [3.8, 4) is 16.9 Å². The molecular formula is C25H32N6O2. The summed E-state index contributed by atoms with van der Waals surface area (Å²) in [6.45, 7) is 5.48. The van der Waals surface area contributed by atoms with Crippen LogP contribution in [-0.2, 0) is 0 Å². The number of ether oxygens (including phenoxy) is 1. The topological polar surface area (TPSA) is 87.2 Å². The molecule has 33 heavy (non-hydrogen) atoms. The molecule has 8 heteroatoms. The van der Waals surface area contributed by atoms with Crippen LogP contribution in [0.15, 0.2) is 36.5 Å². The number of rotatable bonds is 6. The summed E-state index contributed by atoms with van der Waals surface area (Å²) < 4.78 is 5.43. The predicted molar refractivity (Wildman–Crippen MR) is 129 cm³/mol. The van der Waals surface area contributed by atoms with Gasteiger partial charge in [0.2, 0.25) is 5.95 Å². The van der Waals surface area contributed by atoms with Gasteiger partial charge in [-0.1, -0.05) is 26.0 Å². The van der Waals surface area contributed by atoms with Crippen LogP contribution in [-0.4, -0.2) is 65.3 Å². The number of hydrogen-bond acceptors (Lipinski definition) is 6. The molecule has 1 atom stereocenters. The molecule has 1 aromatic carbocycles. The zero-order valence-corrected chi connectivity index (χ0v) is 20.0. The average Bonchev–Trinajstić information content (AvgIpc) is 3.34. The standard InChI is InChI=1S/C25H32N6O2/c1-16(2)21-13-22(29-28-21)24(32)31-11-7-9-18(15-31)23-20(14-26-25(27-23)30(3)4)17-8-6-10-19(12-17)33-5/h6,8,10,12-14,16,18H,7,9,11,15H2,1-5H3,(H,28,29)/t18-/m1/s1. The minimum atomic E-state index is -0.0346. The van der Waals surface area contributed by atoms with E-state index in [1.165, 1.54) is 0 Å². The van der Waals surface area contributed by atoms with Crippen molar-refractivity contribution in [2.75, 3.05) is 39.2 Å². The zero-order chi connectivity index (χ0) is 23.5. The van der Waals surface area contributed by atoms with Gasteiger partial charge in [0.1, 0.15) is 11.4 Å². The molecule has 1 aliphatic rings. The van der Waals surface area contributed by atoms with Crippen LogP contribution >= 0.6 is 0 Å². The molecule has 0 aliphatic carbocycles. The fourth-order valence-electron chi connectivity index (χ4n) is 4.21. The fraction of sp³-hybridized carbons (Fsp3) is 0.440. The van der Waals surface area contributed by atoms with Crippen LogP contribution in [0.25, 0.3) is 11.1 Å². The number of aromatic nitrogens is 4. The van der Waals surface area contributed by atoms with E-state index >= 15 is 0 Å². The SMILES string of the molecule is COc1cccc(-c2cnc(N(C)C)nc2[C@@H]2CCCN(C(=O)c3cc(C(C)C)[nH]n3)C2)c1. The van der Waals surface area contributed by atoms with Crippen molar-refractivity contribution in [2.45, 2.75) is 38.5 Å². The Morgan fingerprint density at radius 3 is 2.79 bits per heavy atom. The highest BCUT2D eigenvalue weighted by Crippen LogP contribution is 2.35. The van der Waals surface area contributed by atoms with E-state index in [0.29, 0.717) is 24.1 Å². The number of aromatic amines is 1. The highest BCUT2D eigenvalue weighted by Gasteiger charge is 2.30. The Labute approximate surface area is 195 Å². The largest absolute Gasteiger partial charge is 0.497 e. The lowest BCUT2D eigenvalue weighted by Crippen LogP contribution is -2.39. The van der Waals surface area contributed by atoms with E-state index < -0.39 is 0 Å². The number of likely N-dealkylation sites (tertiary alicyclic amines) is 1. The normalized spacial score (nSPS) is 16.2. The highest BCUT2D eigenvalue weighted by atomic mass is 16.5. The summed E-state index contributed by atoms with van der Waals surface area (Å²) in [5, 5.41) is 7.26. The number of anilines is 1. The number of hydrogen-bond donors (Lipinski definition) is 1. The molecule has 1 saturated heterocycles. The summed E-state index contributed by atoms with van der Waals surface area (Å²) in [7, 11) is 5.53. The lowest BCUT2D eigenvalue weighted by molar-refractivity contribution is 0.0700. The molecule has 0 bridgehead atoms. The predicted octanol–water partition coefficient (Wildman–Crippen LogP) is 4.08. The average molecular weight is 449 g/mol. The number of methoxy groups -OCH3 is 1. The van der Waals surface area contributed by atoms with Crippen LogP contribution in [0.1, 0.15) is 60.4 Å².